The van der Waals surface area contributed by atoms with Crippen LogP contribution in [0.1, 0.15) is 12.5 Å². The number of rotatable bonds is 6. The molecule has 2 rings (SSSR count). The minimum absolute atomic E-state index is 0.0350. The monoisotopic (exact) mass is 344 g/mol. The summed E-state index contributed by atoms with van der Waals surface area (Å²) in [6.07, 6.45) is 1.52. The molecule has 0 amide bonds. The smallest absolute Gasteiger partial charge is 0.269 e. The molecule has 0 unspecified atom stereocenters. The molecule has 2 aromatic carbocycles. The van der Waals surface area contributed by atoms with E-state index in [9.17, 15) is 10.1 Å². The molecule has 0 aromatic heterocycles. The average Bonchev–Trinajstić information content (AvgIpc) is 2.57. The van der Waals surface area contributed by atoms with Crippen LogP contribution in [0.2, 0.25) is 0 Å². The van der Waals surface area contributed by atoms with Gasteiger partial charge in [0.15, 0.2) is 5.11 Å². The normalized spacial score (nSPS) is 10.4. The van der Waals surface area contributed by atoms with E-state index in [0.29, 0.717) is 11.7 Å². The maximum Gasteiger partial charge on any atom is 0.269 e. The Balaban J connectivity index is 1.84. The van der Waals surface area contributed by atoms with E-state index < -0.39 is 4.92 Å². The summed E-state index contributed by atoms with van der Waals surface area (Å²) in [4.78, 5) is 10.1. The second-order valence-electron chi connectivity index (χ2n) is 4.63. The topological polar surface area (TPSA) is 88.8 Å². The first-order valence-electron chi connectivity index (χ1n) is 7.16. The van der Waals surface area contributed by atoms with Crippen molar-refractivity contribution in [3.05, 3.63) is 64.2 Å². The van der Waals surface area contributed by atoms with Crippen molar-refractivity contribution in [1.29, 1.82) is 0 Å². The summed E-state index contributed by atoms with van der Waals surface area (Å²) in [5.41, 5.74) is 4.24. The van der Waals surface area contributed by atoms with Crippen LogP contribution in [-0.2, 0) is 0 Å². The van der Waals surface area contributed by atoms with Gasteiger partial charge < -0.3 is 10.1 Å². The molecule has 2 N–H and O–H groups in total. The van der Waals surface area contributed by atoms with Crippen molar-refractivity contribution in [2.45, 2.75) is 6.92 Å². The van der Waals surface area contributed by atoms with Crippen molar-refractivity contribution < 1.29 is 9.66 Å². The molecule has 0 aliphatic carbocycles. The molecule has 124 valence electrons. The number of thiocarbonyl (C=S) groups is 1. The Labute approximate surface area is 144 Å². The Kier molecular flexibility index (Phi) is 6.21. The number of benzene rings is 2. The number of non-ortho nitro benzene ring substituents is 1. The van der Waals surface area contributed by atoms with Crippen LogP contribution >= 0.6 is 12.2 Å². The van der Waals surface area contributed by atoms with Crippen LogP contribution in [0.25, 0.3) is 0 Å². The summed E-state index contributed by atoms with van der Waals surface area (Å²) in [6, 6.07) is 13.4. The lowest BCUT2D eigenvalue weighted by atomic mass is 10.2. The molecule has 0 saturated heterocycles. The van der Waals surface area contributed by atoms with Gasteiger partial charge in [-0.3, -0.25) is 15.5 Å². The minimum atomic E-state index is -0.449. The van der Waals surface area contributed by atoms with Gasteiger partial charge in [0.1, 0.15) is 5.75 Å². The van der Waals surface area contributed by atoms with E-state index in [1.165, 1.54) is 18.3 Å². The molecule has 0 fully saturated rings. The highest BCUT2D eigenvalue weighted by atomic mass is 32.1. The molecule has 0 spiro atoms. The highest BCUT2D eigenvalue weighted by Crippen LogP contribution is 2.15. The lowest BCUT2D eigenvalue weighted by Gasteiger charge is -2.08. The van der Waals surface area contributed by atoms with E-state index in [1.807, 2.05) is 31.2 Å². The Bertz CT molecular complexity index is 730. The largest absolute Gasteiger partial charge is 0.494 e. The number of ether oxygens (including phenoxy) is 1. The van der Waals surface area contributed by atoms with E-state index in [1.54, 1.807) is 12.1 Å². The van der Waals surface area contributed by atoms with E-state index in [0.717, 1.165) is 17.0 Å². The van der Waals surface area contributed by atoms with Gasteiger partial charge in [-0.2, -0.15) is 5.10 Å². The third kappa shape index (κ3) is 5.33. The number of nitro groups is 1. The third-order valence-corrected chi connectivity index (χ3v) is 3.10. The molecule has 2 aromatic rings. The summed E-state index contributed by atoms with van der Waals surface area (Å²) >= 11 is 5.13. The van der Waals surface area contributed by atoms with Gasteiger partial charge in [0, 0.05) is 17.8 Å². The van der Waals surface area contributed by atoms with Crippen molar-refractivity contribution in [1.82, 2.24) is 5.43 Å². The summed E-state index contributed by atoms with van der Waals surface area (Å²) in [7, 11) is 0. The van der Waals surface area contributed by atoms with Crippen LogP contribution in [0.5, 0.6) is 5.75 Å². The second kappa shape index (κ2) is 8.59. The predicted octanol–water partition coefficient (Wildman–Crippen LogP) is 3.31. The zero-order valence-corrected chi connectivity index (χ0v) is 13.7. The van der Waals surface area contributed by atoms with Gasteiger partial charge in [-0.15, -0.1) is 0 Å². The quantitative estimate of drug-likeness (QED) is 0.362. The van der Waals surface area contributed by atoms with Gasteiger partial charge in [0.05, 0.1) is 17.7 Å². The van der Waals surface area contributed by atoms with E-state index >= 15 is 0 Å². The summed E-state index contributed by atoms with van der Waals surface area (Å²) in [5, 5.41) is 17.9. The molecule has 0 aliphatic rings. The zero-order valence-electron chi connectivity index (χ0n) is 12.9. The Morgan fingerprint density at radius 1 is 1.25 bits per heavy atom. The first-order chi connectivity index (χ1) is 11.6. The van der Waals surface area contributed by atoms with Crippen molar-refractivity contribution in [2.24, 2.45) is 5.10 Å². The fourth-order valence-electron chi connectivity index (χ4n) is 1.81. The Morgan fingerprint density at radius 2 is 1.92 bits per heavy atom. The van der Waals surface area contributed by atoms with Crippen molar-refractivity contribution in [2.75, 3.05) is 11.9 Å². The summed E-state index contributed by atoms with van der Waals surface area (Å²) in [6.45, 7) is 2.54. The molecule has 0 atom stereocenters. The molecule has 0 aliphatic heterocycles. The Hall–Kier alpha value is -3.00. The number of nitro benzene ring substituents is 1. The van der Waals surface area contributed by atoms with Crippen LogP contribution < -0.4 is 15.5 Å². The first-order valence-corrected chi connectivity index (χ1v) is 7.56. The van der Waals surface area contributed by atoms with Crippen molar-refractivity contribution >= 4 is 34.9 Å². The van der Waals surface area contributed by atoms with E-state index in [-0.39, 0.29) is 5.69 Å². The molecule has 0 heterocycles. The van der Waals surface area contributed by atoms with Gasteiger partial charge in [-0.05, 0) is 61.1 Å². The minimum Gasteiger partial charge on any atom is -0.494 e. The van der Waals surface area contributed by atoms with Crippen LogP contribution in [0.4, 0.5) is 11.4 Å². The first kappa shape index (κ1) is 17.4. The van der Waals surface area contributed by atoms with Crippen LogP contribution in [0.3, 0.4) is 0 Å². The van der Waals surface area contributed by atoms with Crippen molar-refractivity contribution in [3.63, 3.8) is 0 Å². The number of hydrogen-bond donors (Lipinski definition) is 2. The molecule has 8 heteroatoms. The number of hydrazone groups is 1. The molecule has 0 bridgehead atoms. The molecule has 0 saturated carbocycles. The maximum atomic E-state index is 10.6. The van der Waals surface area contributed by atoms with Crippen LogP contribution in [0, 0.1) is 10.1 Å². The average molecular weight is 344 g/mol. The molecular weight excluding hydrogens is 328 g/mol. The molecular formula is C16H16N4O3S. The number of nitrogens with zero attached hydrogens (tertiary/aromatic N) is 2. The summed E-state index contributed by atoms with van der Waals surface area (Å²) in [5.74, 6) is 0.790. The lowest BCUT2D eigenvalue weighted by Crippen LogP contribution is -2.23. The Morgan fingerprint density at radius 3 is 2.50 bits per heavy atom. The van der Waals surface area contributed by atoms with Gasteiger partial charge >= 0.3 is 0 Å². The second-order valence-corrected chi connectivity index (χ2v) is 5.04. The van der Waals surface area contributed by atoms with E-state index in [2.05, 4.69) is 15.8 Å². The molecule has 0 radical (unpaired) electrons. The fourth-order valence-corrected chi connectivity index (χ4v) is 1.98. The number of hydrogen-bond acceptors (Lipinski definition) is 5. The highest BCUT2D eigenvalue weighted by molar-refractivity contribution is 7.80. The highest BCUT2D eigenvalue weighted by Gasteiger charge is 2.02. The maximum absolute atomic E-state index is 10.6. The predicted molar refractivity (Wildman–Crippen MR) is 97.7 cm³/mol. The summed E-state index contributed by atoms with van der Waals surface area (Å²) < 4.78 is 5.36. The van der Waals surface area contributed by atoms with Gasteiger partial charge in [0.2, 0.25) is 0 Å². The third-order valence-electron chi connectivity index (χ3n) is 2.91. The van der Waals surface area contributed by atoms with Gasteiger partial charge in [0.25, 0.3) is 5.69 Å². The van der Waals surface area contributed by atoms with Crippen LogP contribution in [0.15, 0.2) is 53.6 Å². The van der Waals surface area contributed by atoms with Crippen molar-refractivity contribution in [3.8, 4) is 5.75 Å². The number of anilines is 1. The van der Waals surface area contributed by atoms with E-state index in [4.69, 9.17) is 17.0 Å². The zero-order chi connectivity index (χ0) is 17.4. The fraction of sp³-hybridized carbons (Fsp3) is 0.125. The van der Waals surface area contributed by atoms with Gasteiger partial charge in [-0.1, -0.05) is 0 Å². The standard InChI is InChI=1S/C16H16N4O3S/c1-2-23-15-9-5-13(6-10-15)18-16(24)19-17-11-12-3-7-14(8-4-12)20(21)22/h3-11H,2H2,1H3,(H2,18,19,24)/b17-11-. The number of nitrogens with one attached hydrogen (secondary N) is 2. The SMILES string of the molecule is CCOc1ccc(NC(=S)N/N=C\c2ccc([N+](=O)[O-])cc2)cc1. The molecule has 24 heavy (non-hydrogen) atoms. The molecule has 7 nitrogen and oxygen atoms in total. The van der Waals surface area contributed by atoms with Crippen LogP contribution in [-0.4, -0.2) is 22.9 Å². The lowest BCUT2D eigenvalue weighted by molar-refractivity contribution is -0.384. The van der Waals surface area contributed by atoms with Gasteiger partial charge in [-0.25, -0.2) is 0 Å².